The van der Waals surface area contributed by atoms with E-state index in [4.69, 9.17) is 0 Å². The minimum absolute atomic E-state index is 0.144. The monoisotopic (exact) mass is 284 g/mol. The van der Waals surface area contributed by atoms with Gasteiger partial charge in [-0.2, -0.15) is 0 Å². The van der Waals surface area contributed by atoms with Gasteiger partial charge in [-0.25, -0.2) is 8.42 Å². The van der Waals surface area contributed by atoms with Gasteiger partial charge in [-0.05, 0) is 31.0 Å². The van der Waals surface area contributed by atoms with Gasteiger partial charge in [0.15, 0.2) is 0 Å². The van der Waals surface area contributed by atoms with Gasteiger partial charge >= 0.3 is 0 Å². The van der Waals surface area contributed by atoms with Gasteiger partial charge in [-0.15, -0.1) is 0 Å². The van der Waals surface area contributed by atoms with Crippen LogP contribution < -0.4 is 10.0 Å². The highest BCUT2D eigenvalue weighted by molar-refractivity contribution is 7.92. The van der Waals surface area contributed by atoms with E-state index < -0.39 is 10.0 Å². The minimum Gasteiger partial charge on any atom is -0.314 e. The van der Waals surface area contributed by atoms with Crippen LogP contribution in [0.15, 0.2) is 24.3 Å². The van der Waals surface area contributed by atoms with Crippen molar-refractivity contribution in [1.82, 2.24) is 5.32 Å². The van der Waals surface area contributed by atoms with Crippen LogP contribution in [0, 0.1) is 0 Å². The first kappa shape index (κ1) is 16.0. The molecular weight excluding hydrogens is 260 g/mol. The zero-order valence-corrected chi connectivity index (χ0v) is 12.8. The molecule has 108 valence electrons. The van der Waals surface area contributed by atoms with Crippen LogP contribution >= 0.6 is 0 Å². The topological polar surface area (TPSA) is 58.2 Å². The summed E-state index contributed by atoms with van der Waals surface area (Å²) >= 11 is 0. The van der Waals surface area contributed by atoms with E-state index in [9.17, 15) is 8.42 Å². The standard InChI is InChI=1S/C14H24N2O2S/c1-4-13-8-5-6-9-14(13)16-19(17,18)11-7-10-15-12(2)3/h5-6,8-9,12,15-16H,4,7,10-11H2,1-3H3. The van der Waals surface area contributed by atoms with E-state index in [0.29, 0.717) is 24.7 Å². The van der Waals surface area contributed by atoms with Crippen LogP contribution in [0.3, 0.4) is 0 Å². The number of anilines is 1. The lowest BCUT2D eigenvalue weighted by Crippen LogP contribution is -2.26. The number of benzene rings is 1. The van der Waals surface area contributed by atoms with Crippen molar-refractivity contribution in [3.63, 3.8) is 0 Å². The first-order valence-electron chi connectivity index (χ1n) is 6.76. The quantitative estimate of drug-likeness (QED) is 0.721. The number of nitrogens with one attached hydrogen (secondary N) is 2. The van der Waals surface area contributed by atoms with Crippen molar-refractivity contribution in [3.8, 4) is 0 Å². The van der Waals surface area contributed by atoms with Crippen LogP contribution in [0.5, 0.6) is 0 Å². The summed E-state index contributed by atoms with van der Waals surface area (Å²) in [5, 5.41) is 3.21. The number of rotatable bonds is 8. The largest absolute Gasteiger partial charge is 0.314 e. The summed E-state index contributed by atoms with van der Waals surface area (Å²) in [7, 11) is -3.26. The van der Waals surface area contributed by atoms with Gasteiger partial charge in [-0.1, -0.05) is 39.0 Å². The Morgan fingerprint density at radius 3 is 2.53 bits per heavy atom. The van der Waals surface area contributed by atoms with Gasteiger partial charge in [-0.3, -0.25) is 4.72 Å². The smallest absolute Gasteiger partial charge is 0.232 e. The molecule has 1 rings (SSSR count). The summed E-state index contributed by atoms with van der Waals surface area (Å²) in [5.74, 6) is 0.144. The van der Waals surface area contributed by atoms with Crippen molar-refractivity contribution >= 4 is 15.7 Å². The van der Waals surface area contributed by atoms with Crippen molar-refractivity contribution in [3.05, 3.63) is 29.8 Å². The van der Waals surface area contributed by atoms with Gasteiger partial charge in [0.05, 0.1) is 11.4 Å². The predicted octanol–water partition coefficient (Wildman–Crippen LogP) is 2.38. The number of aryl methyl sites for hydroxylation is 1. The van der Waals surface area contributed by atoms with Crippen LogP contribution in [0.25, 0.3) is 0 Å². The zero-order chi connectivity index (χ0) is 14.3. The zero-order valence-electron chi connectivity index (χ0n) is 11.9. The van der Waals surface area contributed by atoms with Gasteiger partial charge in [0.1, 0.15) is 0 Å². The Morgan fingerprint density at radius 2 is 1.89 bits per heavy atom. The predicted molar refractivity (Wildman–Crippen MR) is 81.0 cm³/mol. The molecule has 0 aliphatic heterocycles. The van der Waals surface area contributed by atoms with Crippen molar-refractivity contribution in [1.29, 1.82) is 0 Å². The molecule has 0 saturated carbocycles. The molecule has 1 aromatic rings. The van der Waals surface area contributed by atoms with Crippen molar-refractivity contribution < 1.29 is 8.42 Å². The molecule has 0 unspecified atom stereocenters. The van der Waals surface area contributed by atoms with Crippen LogP contribution in [0.4, 0.5) is 5.69 Å². The van der Waals surface area contributed by atoms with E-state index in [0.717, 1.165) is 12.0 Å². The van der Waals surface area contributed by atoms with Crippen LogP contribution in [0.2, 0.25) is 0 Å². The van der Waals surface area contributed by atoms with E-state index in [1.165, 1.54) is 0 Å². The Balaban J connectivity index is 2.54. The highest BCUT2D eigenvalue weighted by Crippen LogP contribution is 2.17. The molecule has 0 atom stereocenters. The molecule has 0 amide bonds. The average molecular weight is 284 g/mol. The summed E-state index contributed by atoms with van der Waals surface area (Å²) in [6.45, 7) is 6.82. The molecule has 1 aromatic carbocycles. The lowest BCUT2D eigenvalue weighted by molar-refractivity contribution is 0.571. The second-order valence-electron chi connectivity index (χ2n) is 4.89. The normalized spacial score (nSPS) is 11.8. The van der Waals surface area contributed by atoms with Crippen LogP contribution in [-0.4, -0.2) is 26.8 Å². The molecule has 0 spiro atoms. The fourth-order valence-corrected chi connectivity index (χ4v) is 2.96. The molecule has 5 heteroatoms. The second-order valence-corrected chi connectivity index (χ2v) is 6.74. The Hall–Kier alpha value is -1.07. The molecule has 0 aromatic heterocycles. The highest BCUT2D eigenvalue weighted by Gasteiger charge is 2.11. The number of hydrogen-bond donors (Lipinski definition) is 2. The van der Waals surface area contributed by atoms with Gasteiger partial charge < -0.3 is 5.32 Å². The van der Waals surface area contributed by atoms with Gasteiger partial charge in [0.25, 0.3) is 0 Å². The Bertz CT molecular complexity index is 484. The first-order valence-corrected chi connectivity index (χ1v) is 8.41. The highest BCUT2D eigenvalue weighted by atomic mass is 32.2. The van der Waals surface area contributed by atoms with Crippen molar-refractivity contribution in [2.45, 2.75) is 39.7 Å². The van der Waals surface area contributed by atoms with Crippen molar-refractivity contribution in [2.75, 3.05) is 17.0 Å². The van der Waals surface area contributed by atoms with Gasteiger partial charge in [0, 0.05) is 6.04 Å². The molecule has 0 aliphatic carbocycles. The fraction of sp³-hybridized carbons (Fsp3) is 0.571. The molecule has 0 aliphatic rings. The summed E-state index contributed by atoms with van der Waals surface area (Å²) in [4.78, 5) is 0. The van der Waals surface area contributed by atoms with E-state index in [1.54, 1.807) is 0 Å². The maximum atomic E-state index is 12.0. The minimum atomic E-state index is -3.26. The number of para-hydroxylation sites is 1. The van der Waals surface area contributed by atoms with E-state index in [2.05, 4.69) is 10.0 Å². The maximum absolute atomic E-state index is 12.0. The third-order valence-electron chi connectivity index (χ3n) is 2.81. The Morgan fingerprint density at radius 1 is 1.21 bits per heavy atom. The van der Waals surface area contributed by atoms with Crippen LogP contribution in [-0.2, 0) is 16.4 Å². The lowest BCUT2D eigenvalue weighted by Gasteiger charge is -2.12. The summed E-state index contributed by atoms with van der Waals surface area (Å²) < 4.78 is 26.6. The number of hydrogen-bond acceptors (Lipinski definition) is 3. The number of sulfonamides is 1. The molecule has 4 nitrogen and oxygen atoms in total. The molecule has 2 N–H and O–H groups in total. The van der Waals surface area contributed by atoms with E-state index >= 15 is 0 Å². The molecule has 0 fully saturated rings. The Kier molecular flexibility index (Phi) is 6.31. The van der Waals surface area contributed by atoms with Gasteiger partial charge in [0.2, 0.25) is 10.0 Å². The third kappa shape index (κ3) is 6.07. The first-order chi connectivity index (χ1) is 8.94. The molecule has 0 saturated heterocycles. The summed E-state index contributed by atoms with van der Waals surface area (Å²) in [6.07, 6.45) is 1.43. The third-order valence-corrected chi connectivity index (χ3v) is 4.16. The molecule has 0 heterocycles. The fourth-order valence-electron chi connectivity index (χ4n) is 1.80. The Labute approximate surface area is 116 Å². The molecule has 0 bridgehead atoms. The van der Waals surface area contributed by atoms with Crippen molar-refractivity contribution in [2.24, 2.45) is 0 Å². The second kappa shape index (κ2) is 7.50. The molecule has 0 radical (unpaired) electrons. The lowest BCUT2D eigenvalue weighted by atomic mass is 10.1. The van der Waals surface area contributed by atoms with Crippen LogP contribution in [0.1, 0.15) is 32.8 Å². The van der Waals surface area contributed by atoms with E-state index in [-0.39, 0.29) is 5.75 Å². The average Bonchev–Trinajstić information content (AvgIpc) is 2.35. The maximum Gasteiger partial charge on any atom is 0.232 e. The molecular formula is C14H24N2O2S. The summed E-state index contributed by atoms with van der Waals surface area (Å²) in [5.41, 5.74) is 1.72. The SMILES string of the molecule is CCc1ccccc1NS(=O)(=O)CCCNC(C)C. The summed E-state index contributed by atoms with van der Waals surface area (Å²) in [6, 6.07) is 7.90. The van der Waals surface area contributed by atoms with E-state index in [1.807, 2.05) is 45.0 Å². The molecule has 19 heavy (non-hydrogen) atoms.